The first-order valence-electron chi connectivity index (χ1n) is 9.47. The molecule has 4 heteroatoms. The smallest absolute Gasteiger partial charge is 0.330 e. The van der Waals surface area contributed by atoms with E-state index in [2.05, 4.69) is 6.92 Å². The third-order valence-corrected chi connectivity index (χ3v) is 4.01. The Morgan fingerprint density at radius 1 is 0.846 bits per heavy atom. The van der Waals surface area contributed by atoms with Gasteiger partial charge in [0.1, 0.15) is 0 Å². The Bertz CT molecular complexity index is 585. The predicted octanol–water partition coefficient (Wildman–Crippen LogP) is 5.48. The number of benzene rings is 1. The van der Waals surface area contributed by atoms with Crippen molar-refractivity contribution >= 4 is 24.1 Å². The molecule has 0 saturated heterocycles. The number of carboxylic acids is 1. The van der Waals surface area contributed by atoms with Crippen LogP contribution in [0.4, 0.5) is 0 Å². The summed E-state index contributed by atoms with van der Waals surface area (Å²) in [6, 6.07) is 7.24. The summed E-state index contributed by atoms with van der Waals surface area (Å²) >= 11 is 0. The van der Waals surface area contributed by atoms with Crippen LogP contribution in [0, 0.1) is 0 Å². The average molecular weight is 358 g/mol. The quantitative estimate of drug-likeness (QED) is 0.288. The fourth-order valence-corrected chi connectivity index (χ4v) is 2.51. The molecular formula is C22H30O4. The van der Waals surface area contributed by atoms with E-state index in [1.54, 1.807) is 18.2 Å². The van der Waals surface area contributed by atoms with Gasteiger partial charge in [0.2, 0.25) is 0 Å². The zero-order valence-electron chi connectivity index (χ0n) is 15.7. The van der Waals surface area contributed by atoms with E-state index in [1.165, 1.54) is 50.7 Å². The van der Waals surface area contributed by atoms with Gasteiger partial charge in [-0.15, -0.1) is 0 Å². The second kappa shape index (κ2) is 13.9. The van der Waals surface area contributed by atoms with E-state index in [4.69, 9.17) is 9.84 Å². The Morgan fingerprint density at radius 3 is 1.88 bits per heavy atom. The summed E-state index contributed by atoms with van der Waals surface area (Å²) in [5, 5.41) is 8.59. The molecule has 0 aromatic heterocycles. The molecule has 0 atom stereocenters. The van der Waals surface area contributed by atoms with Gasteiger partial charge < -0.3 is 9.84 Å². The Kier molecular flexibility index (Phi) is 11.6. The zero-order chi connectivity index (χ0) is 19.0. The minimum absolute atomic E-state index is 0.331. The summed E-state index contributed by atoms with van der Waals surface area (Å²) in [5.41, 5.74) is 1.66. The third kappa shape index (κ3) is 11.2. The second-order valence-electron chi connectivity index (χ2n) is 6.31. The molecule has 1 N–H and O–H groups in total. The molecule has 142 valence electrons. The SMILES string of the molecule is CCCCCCCCCCOC(=O)C=Cc1ccc(C=CC(=O)O)cc1. The van der Waals surface area contributed by atoms with Crippen molar-refractivity contribution in [2.24, 2.45) is 0 Å². The van der Waals surface area contributed by atoms with Gasteiger partial charge in [0.15, 0.2) is 0 Å². The van der Waals surface area contributed by atoms with Crippen molar-refractivity contribution in [2.45, 2.75) is 58.3 Å². The maximum absolute atomic E-state index is 11.7. The molecule has 0 aliphatic carbocycles. The molecule has 1 aromatic rings. The van der Waals surface area contributed by atoms with Gasteiger partial charge in [0, 0.05) is 12.2 Å². The van der Waals surface area contributed by atoms with Crippen LogP contribution in [0.1, 0.15) is 69.4 Å². The molecular weight excluding hydrogens is 328 g/mol. The van der Waals surface area contributed by atoms with Crippen LogP contribution >= 0.6 is 0 Å². The maximum Gasteiger partial charge on any atom is 0.330 e. The van der Waals surface area contributed by atoms with Crippen LogP contribution < -0.4 is 0 Å². The standard InChI is InChI=1S/C22H30O4/c1-2-3-4-5-6-7-8-9-18-26-22(25)17-15-20-12-10-19(11-13-20)14-16-21(23)24/h10-17H,2-9,18H2,1H3,(H,23,24). The monoisotopic (exact) mass is 358 g/mol. The van der Waals surface area contributed by atoms with E-state index in [1.807, 2.05) is 12.1 Å². The van der Waals surface area contributed by atoms with Gasteiger partial charge in [-0.2, -0.15) is 0 Å². The summed E-state index contributed by atoms with van der Waals surface area (Å²) in [6.07, 6.45) is 15.5. The number of unbranched alkanes of at least 4 members (excludes halogenated alkanes) is 7. The van der Waals surface area contributed by atoms with E-state index in [0.717, 1.165) is 30.0 Å². The number of aliphatic carboxylic acids is 1. The highest BCUT2D eigenvalue weighted by Gasteiger charge is 1.98. The first kappa shape index (κ1) is 21.7. The van der Waals surface area contributed by atoms with E-state index in [9.17, 15) is 9.59 Å². The minimum atomic E-state index is -0.979. The van der Waals surface area contributed by atoms with Gasteiger partial charge in [-0.05, 0) is 29.7 Å². The highest BCUT2D eigenvalue weighted by atomic mass is 16.5. The highest BCUT2D eigenvalue weighted by Crippen LogP contribution is 2.09. The lowest BCUT2D eigenvalue weighted by Gasteiger charge is -2.03. The normalized spacial score (nSPS) is 11.3. The molecule has 0 bridgehead atoms. The van der Waals surface area contributed by atoms with Gasteiger partial charge in [0.25, 0.3) is 0 Å². The lowest BCUT2D eigenvalue weighted by Crippen LogP contribution is -2.02. The molecule has 0 fully saturated rings. The Hall–Kier alpha value is -2.36. The summed E-state index contributed by atoms with van der Waals surface area (Å²) in [6.45, 7) is 2.69. The van der Waals surface area contributed by atoms with Crippen molar-refractivity contribution in [1.82, 2.24) is 0 Å². The van der Waals surface area contributed by atoms with Gasteiger partial charge in [-0.3, -0.25) is 0 Å². The van der Waals surface area contributed by atoms with E-state index >= 15 is 0 Å². The van der Waals surface area contributed by atoms with Crippen LogP contribution in [0.15, 0.2) is 36.4 Å². The van der Waals surface area contributed by atoms with E-state index in [0.29, 0.717) is 6.61 Å². The second-order valence-corrected chi connectivity index (χ2v) is 6.31. The molecule has 1 aromatic carbocycles. The van der Waals surface area contributed by atoms with Crippen molar-refractivity contribution in [3.63, 3.8) is 0 Å². The largest absolute Gasteiger partial charge is 0.478 e. The lowest BCUT2D eigenvalue weighted by atomic mass is 10.1. The molecule has 0 aliphatic rings. The van der Waals surface area contributed by atoms with Crippen molar-refractivity contribution in [3.05, 3.63) is 47.5 Å². The van der Waals surface area contributed by atoms with Crippen LogP contribution in [-0.4, -0.2) is 23.7 Å². The van der Waals surface area contributed by atoms with Crippen molar-refractivity contribution < 1.29 is 19.4 Å². The summed E-state index contributed by atoms with van der Waals surface area (Å²) < 4.78 is 5.20. The van der Waals surface area contributed by atoms with E-state index < -0.39 is 5.97 Å². The van der Waals surface area contributed by atoms with Crippen molar-refractivity contribution in [1.29, 1.82) is 0 Å². The number of ether oxygens (including phenoxy) is 1. The number of esters is 1. The fourth-order valence-electron chi connectivity index (χ4n) is 2.51. The summed E-state index contributed by atoms with van der Waals surface area (Å²) in [7, 11) is 0. The third-order valence-electron chi connectivity index (χ3n) is 4.01. The average Bonchev–Trinajstić information content (AvgIpc) is 2.64. The summed E-state index contributed by atoms with van der Waals surface area (Å²) in [5.74, 6) is -1.31. The minimum Gasteiger partial charge on any atom is -0.478 e. The molecule has 0 aliphatic heterocycles. The molecule has 1 rings (SSSR count). The number of carboxylic acid groups (broad SMARTS) is 1. The Morgan fingerprint density at radius 2 is 1.35 bits per heavy atom. The summed E-state index contributed by atoms with van der Waals surface area (Å²) in [4.78, 5) is 22.1. The molecule has 0 amide bonds. The predicted molar refractivity (Wildman–Crippen MR) is 106 cm³/mol. The van der Waals surface area contributed by atoms with Crippen LogP contribution in [0.3, 0.4) is 0 Å². The van der Waals surface area contributed by atoms with Crippen LogP contribution in [0.2, 0.25) is 0 Å². The Labute approximate surface area is 156 Å². The van der Waals surface area contributed by atoms with Gasteiger partial charge in [-0.25, -0.2) is 9.59 Å². The molecule has 26 heavy (non-hydrogen) atoms. The molecule has 4 nitrogen and oxygen atoms in total. The van der Waals surface area contributed by atoms with Crippen molar-refractivity contribution in [2.75, 3.05) is 6.61 Å². The van der Waals surface area contributed by atoms with Crippen LogP contribution in [0.5, 0.6) is 0 Å². The molecule has 0 spiro atoms. The fraction of sp³-hybridized carbons (Fsp3) is 0.455. The number of carbonyl (C=O) groups is 2. The molecule has 0 unspecified atom stereocenters. The Balaban J connectivity index is 2.17. The highest BCUT2D eigenvalue weighted by molar-refractivity contribution is 5.87. The molecule has 0 saturated carbocycles. The maximum atomic E-state index is 11.7. The number of hydrogen-bond acceptors (Lipinski definition) is 3. The van der Waals surface area contributed by atoms with Gasteiger partial charge >= 0.3 is 11.9 Å². The molecule has 0 heterocycles. The van der Waals surface area contributed by atoms with Gasteiger partial charge in [-0.1, -0.05) is 76.1 Å². The first-order chi connectivity index (χ1) is 12.6. The zero-order valence-corrected chi connectivity index (χ0v) is 15.7. The number of carbonyl (C=O) groups excluding carboxylic acids is 1. The van der Waals surface area contributed by atoms with E-state index in [-0.39, 0.29) is 5.97 Å². The lowest BCUT2D eigenvalue weighted by molar-refractivity contribution is -0.137. The van der Waals surface area contributed by atoms with Crippen molar-refractivity contribution in [3.8, 4) is 0 Å². The first-order valence-corrected chi connectivity index (χ1v) is 9.47. The number of hydrogen-bond donors (Lipinski definition) is 1. The van der Waals surface area contributed by atoms with Crippen LogP contribution in [-0.2, 0) is 14.3 Å². The molecule has 0 radical (unpaired) electrons. The van der Waals surface area contributed by atoms with Crippen LogP contribution in [0.25, 0.3) is 12.2 Å². The topological polar surface area (TPSA) is 63.6 Å². The number of rotatable bonds is 13. The van der Waals surface area contributed by atoms with Gasteiger partial charge in [0.05, 0.1) is 6.61 Å².